The Hall–Kier alpha value is -2.08. The van der Waals surface area contributed by atoms with Crippen LogP contribution in [0.2, 0.25) is 0 Å². The van der Waals surface area contributed by atoms with Crippen LogP contribution in [-0.2, 0) is 6.42 Å². The number of carbonyl (C=O) groups is 1. The molecular weight excluding hydrogens is 279 g/mol. The van der Waals surface area contributed by atoms with E-state index >= 15 is 0 Å². The third-order valence-electron chi connectivity index (χ3n) is 2.86. The number of carboxylic acid groups (broad SMARTS) is 1. The van der Waals surface area contributed by atoms with Gasteiger partial charge in [-0.25, -0.2) is 9.18 Å². The maximum absolute atomic E-state index is 13.6. The second kappa shape index (κ2) is 5.92. The molecule has 20 heavy (non-hydrogen) atoms. The van der Waals surface area contributed by atoms with Gasteiger partial charge in [-0.2, -0.15) is 0 Å². The van der Waals surface area contributed by atoms with Gasteiger partial charge in [-0.05, 0) is 30.5 Å². The van der Waals surface area contributed by atoms with Gasteiger partial charge >= 0.3 is 5.97 Å². The number of thiophene rings is 1. The smallest absolute Gasteiger partial charge is 0.338 e. The first-order valence-corrected chi connectivity index (χ1v) is 6.96. The number of nitrogens with one attached hydrogen (secondary N) is 1. The standard InChI is InChI=1S/C14H15FN2O2S/c1-8(5-9-3-2-4-20-9)17-13-7-11(15)10(14(18)19)6-12(13)16/h2-4,6-8,17H,5,16H2,1H3,(H,18,19). The van der Waals surface area contributed by atoms with E-state index < -0.39 is 17.3 Å². The van der Waals surface area contributed by atoms with Crippen molar-refractivity contribution in [1.82, 2.24) is 0 Å². The lowest BCUT2D eigenvalue weighted by Crippen LogP contribution is -2.19. The van der Waals surface area contributed by atoms with Gasteiger partial charge in [0.2, 0.25) is 0 Å². The third kappa shape index (κ3) is 3.27. The zero-order valence-corrected chi connectivity index (χ0v) is 11.7. The van der Waals surface area contributed by atoms with Crippen LogP contribution in [0.3, 0.4) is 0 Å². The van der Waals surface area contributed by atoms with E-state index in [0.717, 1.165) is 18.6 Å². The molecule has 2 rings (SSSR count). The van der Waals surface area contributed by atoms with Gasteiger partial charge in [0.05, 0.1) is 16.9 Å². The quantitative estimate of drug-likeness (QED) is 0.740. The van der Waals surface area contributed by atoms with Gasteiger partial charge < -0.3 is 16.2 Å². The Balaban J connectivity index is 2.13. The predicted octanol–water partition coefficient (Wildman–Crippen LogP) is 3.21. The minimum Gasteiger partial charge on any atom is -0.478 e. The maximum atomic E-state index is 13.6. The normalized spacial score (nSPS) is 12.1. The van der Waals surface area contributed by atoms with E-state index in [-0.39, 0.29) is 11.7 Å². The van der Waals surface area contributed by atoms with Crippen LogP contribution in [0.15, 0.2) is 29.6 Å². The Labute approximate surface area is 120 Å². The molecule has 4 nitrogen and oxygen atoms in total. The van der Waals surface area contributed by atoms with Crippen LogP contribution in [0, 0.1) is 5.82 Å². The summed E-state index contributed by atoms with van der Waals surface area (Å²) in [6.45, 7) is 1.96. The summed E-state index contributed by atoms with van der Waals surface area (Å²) in [5.74, 6) is -2.12. The molecule has 0 saturated heterocycles. The number of anilines is 2. The highest BCUT2D eigenvalue weighted by atomic mass is 32.1. The molecule has 1 heterocycles. The Bertz CT molecular complexity index is 614. The number of hydrogen-bond acceptors (Lipinski definition) is 4. The zero-order valence-electron chi connectivity index (χ0n) is 10.9. The van der Waals surface area contributed by atoms with Gasteiger partial charge in [0.15, 0.2) is 0 Å². The van der Waals surface area contributed by atoms with Crippen molar-refractivity contribution in [3.8, 4) is 0 Å². The lowest BCUT2D eigenvalue weighted by atomic mass is 10.1. The van der Waals surface area contributed by atoms with E-state index in [1.54, 1.807) is 11.3 Å². The first-order valence-electron chi connectivity index (χ1n) is 6.08. The zero-order chi connectivity index (χ0) is 14.7. The Morgan fingerprint density at radius 1 is 1.55 bits per heavy atom. The van der Waals surface area contributed by atoms with E-state index in [9.17, 15) is 9.18 Å². The molecule has 0 aliphatic carbocycles. The molecule has 0 amide bonds. The van der Waals surface area contributed by atoms with Crippen molar-refractivity contribution in [2.75, 3.05) is 11.1 Å². The molecule has 0 bridgehead atoms. The lowest BCUT2D eigenvalue weighted by molar-refractivity contribution is 0.0692. The van der Waals surface area contributed by atoms with Crippen LogP contribution in [0.5, 0.6) is 0 Å². The Kier molecular flexibility index (Phi) is 4.24. The molecule has 106 valence electrons. The van der Waals surface area contributed by atoms with E-state index in [1.807, 2.05) is 24.4 Å². The second-order valence-electron chi connectivity index (χ2n) is 4.55. The number of halogens is 1. The van der Waals surface area contributed by atoms with Crippen molar-refractivity contribution in [2.45, 2.75) is 19.4 Å². The summed E-state index contributed by atoms with van der Waals surface area (Å²) < 4.78 is 13.6. The SMILES string of the molecule is CC(Cc1cccs1)Nc1cc(F)c(C(=O)O)cc1N. The molecular formula is C14H15FN2O2S. The molecule has 6 heteroatoms. The van der Waals surface area contributed by atoms with E-state index in [0.29, 0.717) is 5.69 Å². The van der Waals surface area contributed by atoms with Crippen LogP contribution in [0.25, 0.3) is 0 Å². The third-order valence-corrected chi connectivity index (χ3v) is 3.76. The summed E-state index contributed by atoms with van der Waals surface area (Å²) in [5, 5.41) is 13.9. The molecule has 1 atom stereocenters. The molecule has 4 N–H and O–H groups in total. The highest BCUT2D eigenvalue weighted by Gasteiger charge is 2.15. The fourth-order valence-corrected chi connectivity index (χ4v) is 2.76. The van der Waals surface area contributed by atoms with Crippen molar-refractivity contribution in [3.63, 3.8) is 0 Å². The molecule has 1 aromatic heterocycles. The Morgan fingerprint density at radius 3 is 2.90 bits per heavy atom. The van der Waals surface area contributed by atoms with Crippen molar-refractivity contribution in [3.05, 3.63) is 45.9 Å². The predicted molar refractivity (Wildman–Crippen MR) is 78.9 cm³/mol. The molecule has 0 aliphatic heterocycles. The highest BCUT2D eigenvalue weighted by Crippen LogP contribution is 2.24. The second-order valence-corrected chi connectivity index (χ2v) is 5.59. The molecule has 2 aromatic rings. The molecule has 1 aromatic carbocycles. The molecule has 0 spiro atoms. The number of hydrogen-bond donors (Lipinski definition) is 3. The summed E-state index contributed by atoms with van der Waals surface area (Å²) in [6.07, 6.45) is 0.791. The van der Waals surface area contributed by atoms with E-state index in [1.165, 1.54) is 4.88 Å². The largest absolute Gasteiger partial charge is 0.478 e. The average Bonchev–Trinajstić information content (AvgIpc) is 2.85. The van der Waals surface area contributed by atoms with Gasteiger partial charge in [-0.15, -0.1) is 11.3 Å². The van der Waals surface area contributed by atoms with Crippen LogP contribution < -0.4 is 11.1 Å². The van der Waals surface area contributed by atoms with Gasteiger partial charge in [0.25, 0.3) is 0 Å². The summed E-state index contributed by atoms with van der Waals surface area (Å²) in [5.41, 5.74) is 5.98. The first-order chi connectivity index (χ1) is 9.47. The van der Waals surface area contributed by atoms with Crippen LogP contribution >= 0.6 is 11.3 Å². The number of rotatable bonds is 5. The fraction of sp³-hybridized carbons (Fsp3) is 0.214. The van der Waals surface area contributed by atoms with Crippen molar-refractivity contribution in [2.24, 2.45) is 0 Å². The molecule has 0 saturated carbocycles. The van der Waals surface area contributed by atoms with Crippen LogP contribution in [-0.4, -0.2) is 17.1 Å². The average molecular weight is 294 g/mol. The number of benzene rings is 1. The van der Waals surface area contributed by atoms with E-state index in [4.69, 9.17) is 10.8 Å². The lowest BCUT2D eigenvalue weighted by Gasteiger charge is -2.16. The first kappa shape index (κ1) is 14.3. The number of carboxylic acids is 1. The summed E-state index contributed by atoms with van der Waals surface area (Å²) in [7, 11) is 0. The maximum Gasteiger partial charge on any atom is 0.338 e. The monoisotopic (exact) mass is 294 g/mol. The van der Waals surface area contributed by atoms with E-state index in [2.05, 4.69) is 5.32 Å². The number of aromatic carboxylic acids is 1. The van der Waals surface area contributed by atoms with Crippen LogP contribution in [0.1, 0.15) is 22.2 Å². The Morgan fingerprint density at radius 2 is 2.30 bits per heavy atom. The molecule has 1 unspecified atom stereocenters. The molecule has 0 aliphatic rings. The molecule has 0 radical (unpaired) electrons. The van der Waals surface area contributed by atoms with Gasteiger partial charge in [-0.1, -0.05) is 6.07 Å². The van der Waals surface area contributed by atoms with Gasteiger partial charge in [0, 0.05) is 17.3 Å². The highest BCUT2D eigenvalue weighted by molar-refractivity contribution is 7.09. The van der Waals surface area contributed by atoms with Crippen molar-refractivity contribution in [1.29, 1.82) is 0 Å². The van der Waals surface area contributed by atoms with Crippen molar-refractivity contribution >= 4 is 28.7 Å². The topological polar surface area (TPSA) is 75.3 Å². The van der Waals surface area contributed by atoms with Gasteiger partial charge in [0.1, 0.15) is 5.82 Å². The fourth-order valence-electron chi connectivity index (χ4n) is 1.93. The summed E-state index contributed by atoms with van der Waals surface area (Å²) >= 11 is 1.65. The number of nitrogen functional groups attached to an aromatic ring is 1. The summed E-state index contributed by atoms with van der Waals surface area (Å²) in [6, 6.07) is 6.33. The van der Waals surface area contributed by atoms with Gasteiger partial charge in [-0.3, -0.25) is 0 Å². The minimum atomic E-state index is -1.33. The minimum absolute atomic E-state index is 0.0611. The summed E-state index contributed by atoms with van der Waals surface area (Å²) in [4.78, 5) is 12.0. The molecule has 0 fully saturated rings. The number of nitrogens with two attached hydrogens (primary N) is 1. The van der Waals surface area contributed by atoms with Crippen LogP contribution in [0.4, 0.5) is 15.8 Å². The van der Waals surface area contributed by atoms with Crippen molar-refractivity contribution < 1.29 is 14.3 Å².